The first-order chi connectivity index (χ1) is 11.2. The number of anilines is 1. The number of halogens is 2. The third-order valence-corrected chi connectivity index (χ3v) is 4.12. The van der Waals surface area contributed by atoms with Crippen molar-refractivity contribution >= 4 is 40.1 Å². The van der Waals surface area contributed by atoms with Gasteiger partial charge in [-0.05, 0) is 37.1 Å². The Morgan fingerprint density at radius 1 is 1.12 bits per heavy atom. The second-order valence-corrected chi connectivity index (χ2v) is 6.42. The molecule has 0 fully saturated rings. The van der Waals surface area contributed by atoms with Crippen LogP contribution in [0.25, 0.3) is 0 Å². The van der Waals surface area contributed by atoms with E-state index in [1.807, 2.05) is 30.3 Å². The highest BCUT2D eigenvalue weighted by molar-refractivity contribution is 9.10. The molecule has 0 aliphatic carbocycles. The van der Waals surface area contributed by atoms with Crippen molar-refractivity contribution in [3.05, 3.63) is 46.6 Å². The SMILES string of the molecule is Cl.NCCCCCCC(=O)Nc1ccnn1Cc1ccc(Br)cc1. The molecule has 0 bridgehead atoms. The number of aromatic nitrogens is 2. The lowest BCUT2D eigenvalue weighted by Gasteiger charge is -2.09. The lowest BCUT2D eigenvalue weighted by molar-refractivity contribution is -0.116. The van der Waals surface area contributed by atoms with Crippen molar-refractivity contribution in [2.75, 3.05) is 11.9 Å². The Morgan fingerprint density at radius 2 is 1.83 bits per heavy atom. The van der Waals surface area contributed by atoms with Crippen LogP contribution in [0.15, 0.2) is 41.0 Å². The fraction of sp³-hybridized carbons (Fsp3) is 0.412. The van der Waals surface area contributed by atoms with Crippen molar-refractivity contribution in [3.8, 4) is 0 Å². The zero-order valence-corrected chi connectivity index (χ0v) is 16.0. The Morgan fingerprint density at radius 3 is 2.54 bits per heavy atom. The monoisotopic (exact) mass is 414 g/mol. The highest BCUT2D eigenvalue weighted by atomic mass is 79.9. The van der Waals surface area contributed by atoms with E-state index in [9.17, 15) is 4.79 Å². The summed E-state index contributed by atoms with van der Waals surface area (Å²) >= 11 is 3.42. The third-order valence-electron chi connectivity index (χ3n) is 3.59. The molecule has 1 heterocycles. The minimum Gasteiger partial charge on any atom is -0.330 e. The van der Waals surface area contributed by atoms with Gasteiger partial charge in [0.2, 0.25) is 5.91 Å². The summed E-state index contributed by atoms with van der Waals surface area (Å²) in [5.74, 6) is 0.773. The average Bonchev–Trinajstić information content (AvgIpc) is 2.96. The van der Waals surface area contributed by atoms with E-state index >= 15 is 0 Å². The van der Waals surface area contributed by atoms with Crippen LogP contribution in [0, 0.1) is 0 Å². The first-order valence-electron chi connectivity index (χ1n) is 7.95. The van der Waals surface area contributed by atoms with Crippen LogP contribution in [-0.2, 0) is 11.3 Å². The van der Waals surface area contributed by atoms with Crippen molar-refractivity contribution in [3.63, 3.8) is 0 Å². The molecule has 0 spiro atoms. The van der Waals surface area contributed by atoms with Gasteiger partial charge in [0.25, 0.3) is 0 Å². The van der Waals surface area contributed by atoms with E-state index in [-0.39, 0.29) is 18.3 Å². The van der Waals surface area contributed by atoms with Crippen molar-refractivity contribution in [1.82, 2.24) is 9.78 Å². The number of nitrogens with zero attached hydrogens (tertiary/aromatic N) is 2. The molecule has 24 heavy (non-hydrogen) atoms. The molecule has 0 radical (unpaired) electrons. The molecular formula is C17H24BrClN4O. The van der Waals surface area contributed by atoms with Crippen LogP contribution in [0.3, 0.4) is 0 Å². The molecule has 1 amide bonds. The summed E-state index contributed by atoms with van der Waals surface area (Å²) in [4.78, 5) is 12.0. The van der Waals surface area contributed by atoms with Gasteiger partial charge in [-0.15, -0.1) is 12.4 Å². The first kappa shape index (κ1) is 20.7. The molecule has 0 atom stereocenters. The van der Waals surface area contributed by atoms with Crippen molar-refractivity contribution in [2.45, 2.75) is 38.6 Å². The number of carbonyl (C=O) groups excluding carboxylic acids is 1. The van der Waals surface area contributed by atoms with Gasteiger partial charge >= 0.3 is 0 Å². The van der Waals surface area contributed by atoms with Crippen LogP contribution in [0.1, 0.15) is 37.7 Å². The van der Waals surface area contributed by atoms with Gasteiger partial charge in [0.05, 0.1) is 12.7 Å². The third kappa shape index (κ3) is 7.03. The van der Waals surface area contributed by atoms with Gasteiger partial charge in [0.1, 0.15) is 5.82 Å². The van der Waals surface area contributed by atoms with Crippen LogP contribution in [0.5, 0.6) is 0 Å². The molecule has 1 aromatic carbocycles. The maximum atomic E-state index is 12.0. The zero-order chi connectivity index (χ0) is 16.5. The van der Waals surface area contributed by atoms with Gasteiger partial charge in [-0.1, -0.05) is 40.9 Å². The van der Waals surface area contributed by atoms with Gasteiger partial charge in [0.15, 0.2) is 0 Å². The number of benzene rings is 1. The molecular weight excluding hydrogens is 392 g/mol. The Hall–Kier alpha value is -1.37. The normalized spacial score (nSPS) is 10.2. The van der Waals surface area contributed by atoms with E-state index in [4.69, 9.17) is 5.73 Å². The maximum Gasteiger partial charge on any atom is 0.225 e. The Labute approximate surface area is 157 Å². The van der Waals surface area contributed by atoms with E-state index in [0.717, 1.165) is 48.1 Å². The van der Waals surface area contributed by atoms with E-state index in [2.05, 4.69) is 26.3 Å². The summed E-state index contributed by atoms with van der Waals surface area (Å²) in [5, 5.41) is 7.22. The quantitative estimate of drug-likeness (QED) is 0.609. The minimum atomic E-state index is 0. The van der Waals surface area contributed by atoms with Gasteiger partial charge < -0.3 is 11.1 Å². The summed E-state index contributed by atoms with van der Waals surface area (Å²) < 4.78 is 2.85. The van der Waals surface area contributed by atoms with Crippen molar-refractivity contribution in [2.24, 2.45) is 5.73 Å². The Bertz CT molecular complexity index is 615. The van der Waals surface area contributed by atoms with E-state index < -0.39 is 0 Å². The van der Waals surface area contributed by atoms with Crippen LogP contribution in [0.4, 0.5) is 5.82 Å². The summed E-state index contributed by atoms with van der Waals surface area (Å²) in [6.45, 7) is 1.35. The van der Waals surface area contributed by atoms with Crippen molar-refractivity contribution < 1.29 is 4.79 Å². The zero-order valence-electron chi connectivity index (χ0n) is 13.6. The molecule has 5 nitrogen and oxygen atoms in total. The molecule has 2 rings (SSSR count). The highest BCUT2D eigenvalue weighted by Gasteiger charge is 2.07. The molecule has 7 heteroatoms. The topological polar surface area (TPSA) is 72.9 Å². The predicted molar refractivity (Wildman–Crippen MR) is 103 cm³/mol. The van der Waals surface area contributed by atoms with Crippen LogP contribution in [-0.4, -0.2) is 22.2 Å². The minimum absolute atomic E-state index is 0. The number of hydrogen-bond acceptors (Lipinski definition) is 3. The summed E-state index contributed by atoms with van der Waals surface area (Å²) in [6.07, 6.45) is 6.30. The van der Waals surface area contributed by atoms with Gasteiger partial charge in [0, 0.05) is 17.0 Å². The summed E-state index contributed by atoms with van der Waals surface area (Å²) in [6, 6.07) is 9.89. The number of unbranched alkanes of at least 4 members (excludes halogenated alkanes) is 3. The molecule has 3 N–H and O–H groups in total. The van der Waals surface area contributed by atoms with Crippen LogP contribution < -0.4 is 11.1 Å². The molecule has 0 saturated carbocycles. The smallest absolute Gasteiger partial charge is 0.225 e. The van der Waals surface area contributed by atoms with Gasteiger partial charge in [-0.3, -0.25) is 4.79 Å². The predicted octanol–water partition coefficient (Wildman–Crippen LogP) is 3.96. The fourth-order valence-electron chi connectivity index (χ4n) is 2.32. The van der Waals surface area contributed by atoms with E-state index in [1.165, 1.54) is 0 Å². The molecule has 0 saturated heterocycles. The lowest BCUT2D eigenvalue weighted by atomic mass is 10.1. The van der Waals surface area contributed by atoms with Crippen LogP contribution in [0.2, 0.25) is 0 Å². The molecule has 2 aromatic rings. The number of nitrogens with two attached hydrogens (primary N) is 1. The number of nitrogens with one attached hydrogen (secondary N) is 1. The molecule has 0 aliphatic heterocycles. The van der Waals surface area contributed by atoms with Crippen molar-refractivity contribution in [1.29, 1.82) is 0 Å². The second-order valence-electron chi connectivity index (χ2n) is 5.50. The number of carbonyl (C=O) groups is 1. The highest BCUT2D eigenvalue weighted by Crippen LogP contribution is 2.14. The van der Waals surface area contributed by atoms with E-state index in [0.29, 0.717) is 13.0 Å². The molecule has 132 valence electrons. The Kier molecular flexibility index (Phi) is 9.67. The molecule has 1 aromatic heterocycles. The second kappa shape index (κ2) is 11.2. The molecule has 0 unspecified atom stereocenters. The summed E-state index contributed by atoms with van der Waals surface area (Å²) in [7, 11) is 0. The number of rotatable bonds is 9. The fourth-order valence-corrected chi connectivity index (χ4v) is 2.58. The maximum absolute atomic E-state index is 12.0. The lowest BCUT2D eigenvalue weighted by Crippen LogP contribution is -2.15. The van der Waals surface area contributed by atoms with Gasteiger partial charge in [-0.2, -0.15) is 5.10 Å². The van der Waals surface area contributed by atoms with Crippen LogP contribution >= 0.6 is 28.3 Å². The molecule has 0 aliphatic rings. The first-order valence-corrected chi connectivity index (χ1v) is 8.74. The summed E-state index contributed by atoms with van der Waals surface area (Å²) in [5.41, 5.74) is 6.59. The largest absolute Gasteiger partial charge is 0.330 e. The average molecular weight is 416 g/mol. The number of amides is 1. The Balaban J connectivity index is 0.00000288. The number of hydrogen-bond donors (Lipinski definition) is 2. The van der Waals surface area contributed by atoms with E-state index in [1.54, 1.807) is 10.9 Å². The standard InChI is InChI=1S/C17H23BrN4O.ClH/c18-15-8-6-14(7-9-15)13-22-16(10-12-20-22)21-17(23)5-3-1-2-4-11-19;/h6-10,12H,1-5,11,13,19H2,(H,21,23);1H. The van der Waals surface area contributed by atoms with Gasteiger partial charge in [-0.25, -0.2) is 4.68 Å².